The van der Waals surface area contributed by atoms with Gasteiger partial charge in [-0.25, -0.2) is 0 Å². The van der Waals surface area contributed by atoms with E-state index in [0.29, 0.717) is 36.6 Å². The molecule has 8 nitrogen and oxygen atoms in total. The SMILES string of the molecule is COc1ccc2c(c1)OC(CCNC(=O)CCCN1CCOCC1)[N+]2=O. The zero-order valence-corrected chi connectivity index (χ0v) is 15.1. The molecule has 0 aliphatic carbocycles. The van der Waals surface area contributed by atoms with Gasteiger partial charge in [0.15, 0.2) is 0 Å². The minimum atomic E-state index is -0.620. The van der Waals surface area contributed by atoms with Crippen molar-refractivity contribution in [3.8, 4) is 11.5 Å². The molecule has 1 atom stereocenters. The summed E-state index contributed by atoms with van der Waals surface area (Å²) in [4.78, 5) is 26.5. The number of hydrogen-bond acceptors (Lipinski definition) is 6. The standard InChI is InChI=1S/C18H25N3O5/c1-24-14-4-5-15-16(13-14)26-18(21(15)23)6-7-19-17(22)3-2-8-20-9-11-25-12-10-20/h4-5,13,18H,2-3,6-12H2,1H3/p+1. The Hall–Kier alpha value is -2.19. The summed E-state index contributed by atoms with van der Waals surface area (Å²) in [6.07, 6.45) is 1.12. The Bertz CT molecular complexity index is 646. The van der Waals surface area contributed by atoms with Crippen molar-refractivity contribution in [1.29, 1.82) is 0 Å². The molecule has 0 aromatic heterocycles. The summed E-state index contributed by atoms with van der Waals surface area (Å²) in [6, 6.07) is 5.11. The maximum Gasteiger partial charge on any atom is 0.352 e. The number of nitrogens with zero attached hydrogens (tertiary/aromatic N) is 2. The van der Waals surface area contributed by atoms with E-state index >= 15 is 0 Å². The van der Waals surface area contributed by atoms with E-state index in [1.807, 2.05) is 0 Å². The van der Waals surface area contributed by atoms with Gasteiger partial charge in [0.2, 0.25) is 11.7 Å². The number of rotatable bonds is 8. The zero-order valence-electron chi connectivity index (χ0n) is 15.1. The van der Waals surface area contributed by atoms with Crippen LogP contribution < -0.4 is 14.8 Å². The Morgan fingerprint density at radius 2 is 2.19 bits per heavy atom. The van der Waals surface area contributed by atoms with E-state index < -0.39 is 6.23 Å². The van der Waals surface area contributed by atoms with Gasteiger partial charge < -0.3 is 19.5 Å². The lowest BCUT2D eigenvalue weighted by Gasteiger charge is -2.26. The second-order valence-corrected chi connectivity index (χ2v) is 6.43. The molecule has 2 aliphatic rings. The van der Waals surface area contributed by atoms with Crippen LogP contribution in [0.15, 0.2) is 18.2 Å². The lowest BCUT2D eigenvalue weighted by Crippen LogP contribution is -2.37. The molecule has 1 unspecified atom stereocenters. The monoisotopic (exact) mass is 364 g/mol. The van der Waals surface area contributed by atoms with E-state index in [2.05, 4.69) is 10.2 Å². The van der Waals surface area contributed by atoms with Crippen molar-refractivity contribution in [3.05, 3.63) is 23.1 Å². The van der Waals surface area contributed by atoms with Crippen molar-refractivity contribution in [2.45, 2.75) is 25.5 Å². The minimum absolute atomic E-state index is 0.00730. The van der Waals surface area contributed by atoms with Gasteiger partial charge in [-0.05, 0) is 19.0 Å². The van der Waals surface area contributed by atoms with Crippen LogP contribution in [0.2, 0.25) is 0 Å². The van der Waals surface area contributed by atoms with E-state index in [1.54, 1.807) is 25.3 Å². The first kappa shape index (κ1) is 18.6. The van der Waals surface area contributed by atoms with Crippen LogP contribution in [0.4, 0.5) is 5.69 Å². The highest BCUT2D eigenvalue weighted by atomic mass is 16.5. The molecule has 3 rings (SSSR count). The van der Waals surface area contributed by atoms with Crippen molar-refractivity contribution in [3.63, 3.8) is 0 Å². The lowest BCUT2D eigenvalue weighted by molar-refractivity contribution is -0.529. The zero-order chi connectivity index (χ0) is 18.4. The third-order valence-electron chi connectivity index (χ3n) is 4.62. The summed E-state index contributed by atoms with van der Waals surface area (Å²) in [5.74, 6) is 1.17. The van der Waals surface area contributed by atoms with Crippen molar-refractivity contribution < 1.29 is 23.8 Å². The molecular weight excluding hydrogens is 338 g/mol. The second-order valence-electron chi connectivity index (χ2n) is 6.43. The van der Waals surface area contributed by atoms with Crippen LogP contribution in [-0.4, -0.2) is 68.3 Å². The van der Waals surface area contributed by atoms with Crippen LogP contribution in [0.1, 0.15) is 19.3 Å². The van der Waals surface area contributed by atoms with Gasteiger partial charge >= 0.3 is 11.9 Å². The fraction of sp³-hybridized carbons (Fsp3) is 0.611. The second kappa shape index (κ2) is 8.95. The van der Waals surface area contributed by atoms with Gasteiger partial charge in [-0.15, -0.1) is 0 Å². The Labute approximate surface area is 153 Å². The Balaban J connectivity index is 1.34. The van der Waals surface area contributed by atoms with Gasteiger partial charge in [-0.3, -0.25) is 9.69 Å². The maximum absolute atomic E-state index is 12.2. The van der Waals surface area contributed by atoms with Crippen LogP contribution in [-0.2, 0) is 9.53 Å². The molecule has 1 saturated heterocycles. The summed E-state index contributed by atoms with van der Waals surface area (Å²) < 4.78 is 17.0. The van der Waals surface area contributed by atoms with Crippen LogP contribution in [0.3, 0.4) is 0 Å². The summed E-state index contributed by atoms with van der Waals surface area (Å²) in [7, 11) is 1.57. The summed E-state index contributed by atoms with van der Waals surface area (Å²) in [5, 5.41) is 2.86. The molecule has 1 N–H and O–H groups in total. The quantitative estimate of drug-likeness (QED) is 0.703. The number of methoxy groups -OCH3 is 1. The molecule has 1 aromatic carbocycles. The van der Waals surface area contributed by atoms with Crippen LogP contribution in [0.5, 0.6) is 11.5 Å². The molecule has 1 amide bonds. The molecule has 0 spiro atoms. The number of morpholine rings is 1. The van der Waals surface area contributed by atoms with E-state index in [-0.39, 0.29) is 5.91 Å². The summed E-state index contributed by atoms with van der Waals surface area (Å²) in [6.45, 7) is 4.73. The highest BCUT2D eigenvalue weighted by Crippen LogP contribution is 2.38. The van der Waals surface area contributed by atoms with Gasteiger partial charge in [0.1, 0.15) is 5.75 Å². The molecule has 8 heteroatoms. The Morgan fingerprint density at radius 1 is 1.38 bits per heavy atom. The average Bonchev–Trinajstić information content (AvgIpc) is 2.98. The lowest BCUT2D eigenvalue weighted by atomic mass is 10.2. The summed E-state index contributed by atoms with van der Waals surface area (Å²) >= 11 is 0. The fourth-order valence-electron chi connectivity index (χ4n) is 3.14. The first-order valence-corrected chi connectivity index (χ1v) is 9.05. The van der Waals surface area contributed by atoms with E-state index in [4.69, 9.17) is 14.2 Å². The van der Waals surface area contributed by atoms with Gasteiger partial charge in [-0.1, -0.05) is 0 Å². The predicted molar refractivity (Wildman–Crippen MR) is 94.8 cm³/mol. The van der Waals surface area contributed by atoms with Gasteiger partial charge in [0, 0.05) is 43.1 Å². The fourth-order valence-corrected chi connectivity index (χ4v) is 3.14. The smallest absolute Gasteiger partial charge is 0.352 e. The Morgan fingerprint density at radius 3 is 2.96 bits per heavy atom. The number of carbonyl (C=O) groups is 1. The van der Waals surface area contributed by atoms with Gasteiger partial charge in [0.25, 0.3) is 0 Å². The highest BCUT2D eigenvalue weighted by molar-refractivity contribution is 5.75. The van der Waals surface area contributed by atoms with Crippen molar-refractivity contribution in [2.75, 3.05) is 46.5 Å². The molecule has 0 bridgehead atoms. The first-order chi connectivity index (χ1) is 12.7. The Kier molecular flexibility index (Phi) is 6.40. The number of carbonyl (C=O) groups excluding carboxylic acids is 1. The number of ether oxygens (including phenoxy) is 3. The molecule has 0 radical (unpaired) electrons. The number of nitroso groups, excluding NO2 is 1. The highest BCUT2D eigenvalue weighted by Gasteiger charge is 2.40. The van der Waals surface area contributed by atoms with Crippen molar-refractivity contribution in [1.82, 2.24) is 10.2 Å². The third kappa shape index (κ3) is 4.70. The molecule has 1 fully saturated rings. The van der Waals surface area contributed by atoms with Crippen LogP contribution in [0, 0.1) is 4.91 Å². The largest absolute Gasteiger partial charge is 0.497 e. The number of fused-ring (bicyclic) bond motifs is 1. The van der Waals surface area contributed by atoms with Gasteiger partial charge in [0.05, 0.1) is 31.5 Å². The molecule has 2 aliphatic heterocycles. The molecule has 1 aromatic rings. The average molecular weight is 364 g/mol. The molecular formula is C18H26N3O5+. The summed E-state index contributed by atoms with van der Waals surface area (Å²) in [5.41, 5.74) is 0.493. The van der Waals surface area contributed by atoms with E-state index in [0.717, 1.165) is 44.0 Å². The minimum Gasteiger partial charge on any atom is -0.497 e. The number of amides is 1. The molecule has 2 heterocycles. The van der Waals surface area contributed by atoms with Crippen molar-refractivity contribution >= 4 is 11.6 Å². The van der Waals surface area contributed by atoms with E-state index in [1.165, 1.54) is 0 Å². The molecule has 0 saturated carbocycles. The maximum atomic E-state index is 12.2. The first-order valence-electron chi connectivity index (χ1n) is 9.05. The van der Waals surface area contributed by atoms with Gasteiger partial charge in [-0.2, -0.15) is 0 Å². The topological polar surface area (TPSA) is 80.1 Å². The normalized spacial score (nSPS) is 19.7. The number of nitrogens with one attached hydrogen (secondary N) is 1. The number of benzene rings is 1. The molecule has 142 valence electrons. The predicted octanol–water partition coefficient (Wildman–Crippen LogP) is 1.44. The third-order valence-corrected chi connectivity index (χ3v) is 4.62. The number of hydrogen-bond donors (Lipinski definition) is 1. The van der Waals surface area contributed by atoms with Crippen LogP contribution >= 0.6 is 0 Å². The van der Waals surface area contributed by atoms with Crippen molar-refractivity contribution in [2.24, 2.45) is 0 Å². The van der Waals surface area contributed by atoms with E-state index in [9.17, 15) is 9.70 Å². The van der Waals surface area contributed by atoms with Crippen LogP contribution in [0.25, 0.3) is 0 Å². The molecule has 26 heavy (non-hydrogen) atoms.